The number of ketones is 1. The minimum Gasteiger partial charge on any atom is -0.293 e. The summed E-state index contributed by atoms with van der Waals surface area (Å²) in [5.74, 6) is 0.183. The Morgan fingerprint density at radius 3 is 2.25 bits per heavy atom. The van der Waals surface area contributed by atoms with Gasteiger partial charge in [-0.2, -0.15) is 0 Å². The predicted molar refractivity (Wildman–Crippen MR) is 82.9 cm³/mol. The van der Waals surface area contributed by atoms with Crippen molar-refractivity contribution in [3.63, 3.8) is 0 Å². The molecule has 0 saturated heterocycles. The van der Waals surface area contributed by atoms with Gasteiger partial charge in [0.05, 0.1) is 6.54 Å². The minimum absolute atomic E-state index is 0.183. The Kier molecular flexibility index (Phi) is 5.08. The van der Waals surface area contributed by atoms with Crippen LogP contribution in [0.3, 0.4) is 0 Å². The molecule has 0 amide bonds. The van der Waals surface area contributed by atoms with Crippen molar-refractivity contribution in [1.29, 1.82) is 0 Å². The van der Waals surface area contributed by atoms with Crippen molar-refractivity contribution in [1.82, 2.24) is 4.90 Å². The fraction of sp³-hybridized carbons (Fsp3) is 0.278. The molecule has 2 nitrogen and oxygen atoms in total. The van der Waals surface area contributed by atoms with Crippen LogP contribution < -0.4 is 0 Å². The Bertz CT molecular complexity index is 545. The van der Waals surface area contributed by atoms with Crippen molar-refractivity contribution >= 4 is 5.78 Å². The summed E-state index contributed by atoms with van der Waals surface area (Å²) in [6.45, 7) is 6.27. The van der Waals surface area contributed by atoms with Gasteiger partial charge in [-0.15, -0.1) is 0 Å². The van der Waals surface area contributed by atoms with Crippen LogP contribution in [0.25, 0.3) is 0 Å². The van der Waals surface area contributed by atoms with Crippen molar-refractivity contribution < 1.29 is 4.79 Å². The van der Waals surface area contributed by atoms with Gasteiger partial charge < -0.3 is 0 Å². The molecule has 0 saturated carbocycles. The number of Topliss-reactive ketones (excluding diaryl/α,β-unsaturated/α-hetero) is 1. The molecule has 0 fully saturated rings. The Morgan fingerprint density at radius 2 is 1.65 bits per heavy atom. The summed E-state index contributed by atoms with van der Waals surface area (Å²) < 4.78 is 0. The van der Waals surface area contributed by atoms with Crippen LogP contribution in [0.1, 0.15) is 28.4 Å². The van der Waals surface area contributed by atoms with Gasteiger partial charge in [0.15, 0.2) is 5.78 Å². The van der Waals surface area contributed by atoms with E-state index >= 15 is 0 Å². The molecule has 2 heteroatoms. The second kappa shape index (κ2) is 7.01. The fourth-order valence-corrected chi connectivity index (χ4v) is 2.15. The molecule has 2 rings (SSSR count). The van der Waals surface area contributed by atoms with E-state index in [9.17, 15) is 4.79 Å². The van der Waals surface area contributed by atoms with Crippen LogP contribution in [0.15, 0.2) is 54.6 Å². The second-order valence-corrected chi connectivity index (χ2v) is 5.08. The lowest BCUT2D eigenvalue weighted by atomic mass is 10.1. The summed E-state index contributed by atoms with van der Waals surface area (Å²) in [6, 6.07) is 18.1. The van der Waals surface area contributed by atoms with E-state index in [0.29, 0.717) is 6.54 Å². The molecule has 0 spiro atoms. The molecule has 0 radical (unpaired) electrons. The van der Waals surface area contributed by atoms with E-state index in [1.807, 2.05) is 49.4 Å². The smallest absolute Gasteiger partial charge is 0.176 e. The molecule has 0 N–H and O–H groups in total. The normalized spacial score (nSPS) is 10.8. The zero-order valence-electron chi connectivity index (χ0n) is 12.2. The van der Waals surface area contributed by atoms with Crippen LogP contribution in [0.4, 0.5) is 0 Å². The van der Waals surface area contributed by atoms with Gasteiger partial charge in [-0.05, 0) is 19.0 Å². The zero-order valence-corrected chi connectivity index (χ0v) is 12.2. The number of likely N-dealkylation sites (N-methyl/N-ethyl adjacent to an activating group) is 1. The van der Waals surface area contributed by atoms with E-state index in [1.54, 1.807) is 0 Å². The molecule has 0 heterocycles. The van der Waals surface area contributed by atoms with Crippen molar-refractivity contribution in [2.75, 3.05) is 13.1 Å². The van der Waals surface area contributed by atoms with Crippen LogP contribution >= 0.6 is 0 Å². The Hall–Kier alpha value is -1.93. The molecule has 2 aromatic rings. The Morgan fingerprint density at radius 1 is 1.00 bits per heavy atom. The molecular weight excluding hydrogens is 246 g/mol. The number of benzene rings is 2. The van der Waals surface area contributed by atoms with Gasteiger partial charge in [0, 0.05) is 12.1 Å². The molecule has 2 aromatic carbocycles. The molecule has 0 bridgehead atoms. The maximum Gasteiger partial charge on any atom is 0.176 e. The summed E-state index contributed by atoms with van der Waals surface area (Å²) in [4.78, 5) is 14.4. The van der Waals surface area contributed by atoms with E-state index in [-0.39, 0.29) is 5.78 Å². The summed E-state index contributed by atoms with van der Waals surface area (Å²) in [6.07, 6.45) is 0. The number of nitrogens with zero attached hydrogens (tertiary/aromatic N) is 1. The fourth-order valence-electron chi connectivity index (χ4n) is 2.15. The lowest BCUT2D eigenvalue weighted by molar-refractivity contribution is 0.0929. The highest BCUT2D eigenvalue weighted by molar-refractivity contribution is 5.97. The molecule has 0 aromatic heterocycles. The van der Waals surface area contributed by atoms with Gasteiger partial charge in [0.25, 0.3) is 0 Å². The van der Waals surface area contributed by atoms with E-state index < -0.39 is 0 Å². The third kappa shape index (κ3) is 4.04. The Balaban J connectivity index is 1.99. The molecule has 0 unspecified atom stereocenters. The summed E-state index contributed by atoms with van der Waals surface area (Å²) in [7, 11) is 0. The lowest BCUT2D eigenvalue weighted by Gasteiger charge is -2.19. The first-order valence-electron chi connectivity index (χ1n) is 7.05. The van der Waals surface area contributed by atoms with Gasteiger partial charge in [-0.1, -0.05) is 67.1 Å². The first-order valence-corrected chi connectivity index (χ1v) is 7.05. The Labute approximate surface area is 121 Å². The molecule has 104 valence electrons. The number of aryl methyl sites for hydroxylation is 1. The highest BCUT2D eigenvalue weighted by Crippen LogP contribution is 2.08. The van der Waals surface area contributed by atoms with E-state index in [0.717, 1.165) is 18.7 Å². The molecule has 0 aliphatic heterocycles. The standard InChI is InChI=1S/C18H21NO/c1-3-19(13-16-7-5-4-6-8-16)14-18(20)17-11-9-15(2)10-12-17/h4-12H,3,13-14H2,1-2H3. The summed E-state index contributed by atoms with van der Waals surface area (Å²) >= 11 is 0. The zero-order chi connectivity index (χ0) is 14.4. The highest BCUT2D eigenvalue weighted by Gasteiger charge is 2.11. The van der Waals surface area contributed by atoms with Gasteiger partial charge in [0.2, 0.25) is 0 Å². The molecule has 0 aliphatic rings. The number of carbonyl (C=O) groups is 1. The highest BCUT2D eigenvalue weighted by atomic mass is 16.1. The van der Waals surface area contributed by atoms with Crippen LogP contribution in [0, 0.1) is 6.92 Å². The molecule has 0 atom stereocenters. The SMILES string of the molecule is CCN(CC(=O)c1ccc(C)cc1)Cc1ccccc1. The first-order chi connectivity index (χ1) is 9.69. The lowest BCUT2D eigenvalue weighted by Crippen LogP contribution is -2.29. The number of hydrogen-bond acceptors (Lipinski definition) is 2. The maximum absolute atomic E-state index is 12.3. The van der Waals surface area contributed by atoms with E-state index in [4.69, 9.17) is 0 Å². The second-order valence-electron chi connectivity index (χ2n) is 5.08. The number of carbonyl (C=O) groups excluding carboxylic acids is 1. The van der Waals surface area contributed by atoms with Crippen LogP contribution in [0.2, 0.25) is 0 Å². The molecule has 20 heavy (non-hydrogen) atoms. The number of rotatable bonds is 6. The largest absolute Gasteiger partial charge is 0.293 e. The van der Waals surface area contributed by atoms with Crippen molar-refractivity contribution in [3.8, 4) is 0 Å². The van der Waals surface area contributed by atoms with Crippen molar-refractivity contribution in [3.05, 3.63) is 71.3 Å². The summed E-state index contributed by atoms with van der Waals surface area (Å²) in [5.41, 5.74) is 3.21. The monoisotopic (exact) mass is 267 g/mol. The quantitative estimate of drug-likeness (QED) is 0.744. The van der Waals surface area contributed by atoms with E-state index in [2.05, 4.69) is 24.0 Å². The average Bonchev–Trinajstić information content (AvgIpc) is 2.48. The number of hydrogen-bond donors (Lipinski definition) is 0. The third-order valence-electron chi connectivity index (χ3n) is 3.44. The van der Waals surface area contributed by atoms with Crippen LogP contribution in [-0.2, 0) is 6.54 Å². The average molecular weight is 267 g/mol. The van der Waals surface area contributed by atoms with Crippen molar-refractivity contribution in [2.45, 2.75) is 20.4 Å². The van der Waals surface area contributed by atoms with Crippen LogP contribution in [-0.4, -0.2) is 23.8 Å². The first kappa shape index (κ1) is 14.5. The van der Waals surface area contributed by atoms with Gasteiger partial charge in [-0.25, -0.2) is 0 Å². The van der Waals surface area contributed by atoms with Gasteiger partial charge >= 0.3 is 0 Å². The van der Waals surface area contributed by atoms with Gasteiger partial charge in [0.1, 0.15) is 0 Å². The van der Waals surface area contributed by atoms with Crippen molar-refractivity contribution in [2.24, 2.45) is 0 Å². The molecule has 0 aliphatic carbocycles. The predicted octanol–water partition coefficient (Wildman–Crippen LogP) is 3.70. The maximum atomic E-state index is 12.3. The van der Waals surface area contributed by atoms with Gasteiger partial charge in [-0.3, -0.25) is 9.69 Å². The third-order valence-corrected chi connectivity index (χ3v) is 3.44. The topological polar surface area (TPSA) is 20.3 Å². The van der Waals surface area contributed by atoms with E-state index in [1.165, 1.54) is 11.1 Å². The van der Waals surface area contributed by atoms with Crippen LogP contribution in [0.5, 0.6) is 0 Å². The molecular formula is C18H21NO. The summed E-state index contributed by atoms with van der Waals surface area (Å²) in [5, 5.41) is 0. The minimum atomic E-state index is 0.183.